The maximum absolute atomic E-state index is 11.7. The fraction of sp³-hybridized carbons (Fsp3) is 0.381. The molecule has 26 heavy (non-hydrogen) atoms. The Balaban J connectivity index is 1.79. The van der Waals surface area contributed by atoms with Crippen molar-refractivity contribution in [3.63, 3.8) is 0 Å². The maximum Gasteiger partial charge on any atom is 0.271 e. The first-order chi connectivity index (χ1) is 12.7. The van der Waals surface area contributed by atoms with Crippen LogP contribution in [0.25, 0.3) is 0 Å². The van der Waals surface area contributed by atoms with E-state index in [1.165, 1.54) is 5.84 Å². The lowest BCUT2D eigenvalue weighted by Gasteiger charge is -2.24. The van der Waals surface area contributed by atoms with Crippen LogP contribution in [-0.2, 0) is 5.72 Å². The zero-order valence-electron chi connectivity index (χ0n) is 15.3. The van der Waals surface area contributed by atoms with Crippen LogP contribution in [0.1, 0.15) is 24.8 Å². The van der Waals surface area contributed by atoms with Gasteiger partial charge in [-0.2, -0.15) is 0 Å². The van der Waals surface area contributed by atoms with E-state index in [2.05, 4.69) is 15.5 Å². The minimum absolute atomic E-state index is 0.481. The van der Waals surface area contributed by atoms with Crippen LogP contribution in [0.5, 0.6) is 11.5 Å². The fourth-order valence-corrected chi connectivity index (χ4v) is 4.08. The highest BCUT2D eigenvalue weighted by atomic mass is 16.5. The van der Waals surface area contributed by atoms with Gasteiger partial charge in [-0.25, -0.2) is 9.48 Å². The van der Waals surface area contributed by atoms with Crippen molar-refractivity contribution in [2.45, 2.75) is 25.0 Å². The van der Waals surface area contributed by atoms with Crippen molar-refractivity contribution in [1.82, 2.24) is 0 Å². The Labute approximate surface area is 154 Å². The van der Waals surface area contributed by atoms with E-state index in [9.17, 15) is 5.11 Å². The molecule has 0 saturated heterocycles. The monoisotopic (exact) mass is 353 g/mol. The topological polar surface area (TPSA) is 44.9 Å². The second-order valence-corrected chi connectivity index (χ2v) is 6.83. The molecule has 2 heterocycles. The molecule has 0 saturated carbocycles. The highest BCUT2D eigenvalue weighted by Gasteiger charge is 2.53. The summed E-state index contributed by atoms with van der Waals surface area (Å²) in [4.78, 5) is 2.21. The van der Waals surface area contributed by atoms with Gasteiger partial charge in [0.05, 0.1) is 20.8 Å². The Morgan fingerprint density at radius 3 is 2.50 bits per heavy atom. The second kappa shape index (κ2) is 6.65. The third kappa shape index (κ3) is 2.63. The van der Waals surface area contributed by atoms with Crippen LogP contribution in [0, 0.1) is 0 Å². The number of hydrogen-bond acceptors (Lipinski definition) is 4. The van der Waals surface area contributed by atoms with Gasteiger partial charge in [0.2, 0.25) is 0 Å². The highest BCUT2D eigenvalue weighted by Crippen LogP contribution is 2.39. The van der Waals surface area contributed by atoms with Crippen molar-refractivity contribution in [2.75, 3.05) is 32.2 Å². The van der Waals surface area contributed by atoms with Gasteiger partial charge in [-0.1, -0.05) is 12.1 Å². The van der Waals surface area contributed by atoms with Gasteiger partial charge in [0.1, 0.15) is 5.75 Å². The quantitative estimate of drug-likeness (QED) is 0.859. The van der Waals surface area contributed by atoms with Gasteiger partial charge in [0.25, 0.3) is 11.6 Å². The molecule has 0 radical (unpaired) electrons. The number of β-amino-alcohol motifs (C(OH)–C–C–N with tert-alkyl or cyclic N) is 1. The average Bonchev–Trinajstić information content (AvgIpc) is 3.02. The third-order valence-electron chi connectivity index (χ3n) is 5.41. The Hall–Kier alpha value is -2.53. The van der Waals surface area contributed by atoms with Gasteiger partial charge >= 0.3 is 0 Å². The number of rotatable bonds is 4. The van der Waals surface area contributed by atoms with E-state index in [1.807, 2.05) is 42.5 Å². The zero-order chi connectivity index (χ0) is 18.1. The van der Waals surface area contributed by atoms with Crippen molar-refractivity contribution in [1.29, 1.82) is 0 Å². The molecule has 5 heteroatoms. The molecule has 0 aromatic heterocycles. The Morgan fingerprint density at radius 2 is 1.77 bits per heavy atom. The summed E-state index contributed by atoms with van der Waals surface area (Å²) in [7, 11) is 3.34. The van der Waals surface area contributed by atoms with Gasteiger partial charge in [0.15, 0.2) is 18.0 Å². The molecule has 4 rings (SSSR count). The van der Waals surface area contributed by atoms with Crippen molar-refractivity contribution < 1.29 is 19.2 Å². The average molecular weight is 353 g/mol. The van der Waals surface area contributed by atoms with E-state index in [4.69, 9.17) is 9.47 Å². The molecule has 136 valence electrons. The van der Waals surface area contributed by atoms with E-state index in [-0.39, 0.29) is 0 Å². The summed E-state index contributed by atoms with van der Waals surface area (Å²) in [6.45, 7) is 1.33. The largest absolute Gasteiger partial charge is 0.497 e. The molecule has 2 aliphatic rings. The van der Waals surface area contributed by atoms with Gasteiger partial charge in [-0.3, -0.25) is 0 Å². The number of methoxy groups -OCH3 is 2. The molecule has 0 fully saturated rings. The second-order valence-electron chi connectivity index (χ2n) is 6.83. The molecular weight excluding hydrogens is 328 g/mol. The van der Waals surface area contributed by atoms with Gasteiger partial charge < -0.3 is 14.6 Å². The molecule has 0 bridgehead atoms. The van der Waals surface area contributed by atoms with Crippen molar-refractivity contribution in [2.24, 2.45) is 0 Å². The van der Waals surface area contributed by atoms with Crippen LogP contribution < -0.4 is 14.4 Å². The summed E-state index contributed by atoms with van der Waals surface area (Å²) >= 11 is 0. The first-order valence-electron chi connectivity index (χ1n) is 9.08. The van der Waals surface area contributed by atoms with E-state index in [0.29, 0.717) is 6.54 Å². The zero-order valence-corrected chi connectivity index (χ0v) is 15.3. The van der Waals surface area contributed by atoms with E-state index in [0.717, 1.165) is 48.6 Å². The maximum atomic E-state index is 11.7. The molecule has 1 atom stereocenters. The molecule has 0 aliphatic carbocycles. The number of anilines is 1. The molecule has 1 N–H and O–H groups in total. The van der Waals surface area contributed by atoms with Crippen molar-refractivity contribution in [3.8, 4) is 11.5 Å². The Bertz CT molecular complexity index is 831. The standard InChI is InChI=1S/C21H25N2O3/c1-25-17-12-10-16(11-13-17)21(24)15-22(20-9-5-6-14-23(20)21)18-7-3-4-8-19(18)26-2/h3-4,7-8,10-13,24H,5-6,9,14-15H2,1-2H3/q+1/t21-/m0/s1. The molecule has 2 aromatic carbocycles. The predicted molar refractivity (Wildman–Crippen MR) is 101 cm³/mol. The van der Waals surface area contributed by atoms with E-state index < -0.39 is 5.72 Å². The summed E-state index contributed by atoms with van der Waals surface area (Å²) in [5, 5.41) is 11.7. The highest BCUT2D eigenvalue weighted by molar-refractivity contribution is 5.97. The first-order valence-corrected chi connectivity index (χ1v) is 9.08. The minimum atomic E-state index is -1.05. The summed E-state index contributed by atoms with van der Waals surface area (Å²) < 4.78 is 13.0. The van der Waals surface area contributed by atoms with E-state index in [1.54, 1.807) is 14.2 Å². The lowest BCUT2D eigenvalue weighted by atomic mass is 10.0. The van der Waals surface area contributed by atoms with Gasteiger partial charge in [0, 0.05) is 12.0 Å². The number of nitrogens with zero attached hydrogens (tertiary/aromatic N) is 2. The smallest absolute Gasteiger partial charge is 0.271 e. The molecule has 0 spiro atoms. The van der Waals surface area contributed by atoms with E-state index >= 15 is 0 Å². The minimum Gasteiger partial charge on any atom is -0.497 e. The normalized spacial score (nSPS) is 22.3. The lowest BCUT2D eigenvalue weighted by Crippen LogP contribution is -2.41. The van der Waals surface area contributed by atoms with Crippen LogP contribution >= 0.6 is 0 Å². The molecule has 0 amide bonds. The Kier molecular flexibility index (Phi) is 4.32. The number of ether oxygens (including phenoxy) is 2. The van der Waals surface area contributed by atoms with Gasteiger partial charge in [-0.05, 0) is 49.2 Å². The number of aliphatic hydroxyl groups is 1. The Morgan fingerprint density at radius 1 is 1.00 bits per heavy atom. The number of hydrogen-bond donors (Lipinski definition) is 1. The molecule has 2 aromatic rings. The molecule has 0 unspecified atom stereocenters. The first kappa shape index (κ1) is 16.9. The summed E-state index contributed by atoms with van der Waals surface area (Å²) in [5.74, 6) is 2.78. The van der Waals surface area contributed by atoms with Crippen LogP contribution in [0.3, 0.4) is 0 Å². The van der Waals surface area contributed by atoms with Crippen LogP contribution in [0.15, 0.2) is 48.5 Å². The van der Waals surface area contributed by atoms with Crippen LogP contribution in [-0.4, -0.2) is 42.8 Å². The fourth-order valence-electron chi connectivity index (χ4n) is 4.08. The van der Waals surface area contributed by atoms with Crippen LogP contribution in [0.2, 0.25) is 0 Å². The third-order valence-corrected chi connectivity index (χ3v) is 5.41. The molecule has 5 nitrogen and oxygen atoms in total. The van der Waals surface area contributed by atoms with Crippen molar-refractivity contribution in [3.05, 3.63) is 54.1 Å². The lowest BCUT2D eigenvalue weighted by molar-refractivity contribution is -0.661. The van der Waals surface area contributed by atoms with Gasteiger partial charge in [-0.15, -0.1) is 0 Å². The SMILES string of the molecule is COc1ccc([C@@]2(O)CN(c3ccccc3OC)C3=[N+]2CCCC3)cc1. The predicted octanol–water partition coefficient (Wildman–Crippen LogP) is 2.96. The summed E-state index contributed by atoms with van der Waals surface area (Å²) in [5.41, 5.74) is 0.833. The van der Waals surface area contributed by atoms with Crippen molar-refractivity contribution >= 4 is 11.5 Å². The summed E-state index contributed by atoms with van der Waals surface area (Å²) in [6.07, 6.45) is 3.18. The number of para-hydroxylation sites is 2. The molecular formula is C21H25N2O3+. The molecule has 2 aliphatic heterocycles. The summed E-state index contributed by atoms with van der Waals surface area (Å²) in [6, 6.07) is 15.7. The number of benzene rings is 2. The van der Waals surface area contributed by atoms with Crippen LogP contribution in [0.4, 0.5) is 5.69 Å². The number of amidine groups is 1.